The number of phenols is 1. The van der Waals surface area contributed by atoms with Gasteiger partial charge in [0.25, 0.3) is 0 Å². The fourth-order valence-electron chi connectivity index (χ4n) is 1.51. The number of hydrogen-bond acceptors (Lipinski definition) is 2. The highest BCUT2D eigenvalue weighted by atomic mass is 19.4. The maximum absolute atomic E-state index is 12.4. The van der Waals surface area contributed by atoms with Crippen LogP contribution < -0.4 is 0 Å². The summed E-state index contributed by atoms with van der Waals surface area (Å²) < 4.78 is 38.6. The number of aryl methyl sites for hydroxylation is 1. The van der Waals surface area contributed by atoms with E-state index in [9.17, 15) is 18.3 Å². The Morgan fingerprint density at radius 3 is 2.47 bits per heavy atom. The van der Waals surface area contributed by atoms with Crippen LogP contribution in [-0.4, -0.2) is 14.9 Å². The van der Waals surface area contributed by atoms with Gasteiger partial charge < -0.3 is 5.11 Å². The summed E-state index contributed by atoms with van der Waals surface area (Å²) in [4.78, 5) is 0. The van der Waals surface area contributed by atoms with Crippen molar-refractivity contribution in [3.05, 3.63) is 36.2 Å². The van der Waals surface area contributed by atoms with Gasteiger partial charge in [-0.25, -0.2) is 0 Å². The molecule has 1 aromatic carbocycles. The Hall–Kier alpha value is -1.98. The molecule has 1 heterocycles. The number of alkyl halides is 3. The maximum Gasteiger partial charge on any atom is 0.416 e. The molecule has 1 N–H and O–H groups in total. The molecule has 0 radical (unpaired) electrons. The molecule has 17 heavy (non-hydrogen) atoms. The van der Waals surface area contributed by atoms with Crippen molar-refractivity contribution in [3.8, 4) is 16.9 Å². The SMILES string of the molecule is Cn1cc(-c2ccc(C(F)(F)F)cc2O)cn1. The number of nitrogens with zero attached hydrogens (tertiary/aromatic N) is 2. The second-order valence-corrected chi connectivity index (χ2v) is 3.63. The van der Waals surface area contributed by atoms with Gasteiger partial charge in [-0.2, -0.15) is 18.3 Å². The summed E-state index contributed by atoms with van der Waals surface area (Å²) in [6.45, 7) is 0. The first kappa shape index (κ1) is 11.5. The molecule has 0 unspecified atom stereocenters. The third kappa shape index (κ3) is 2.25. The normalized spacial score (nSPS) is 11.8. The van der Waals surface area contributed by atoms with Crippen molar-refractivity contribution in [2.45, 2.75) is 6.18 Å². The predicted octanol–water partition coefficient (Wildman–Crippen LogP) is 2.81. The number of benzene rings is 1. The summed E-state index contributed by atoms with van der Waals surface area (Å²) >= 11 is 0. The van der Waals surface area contributed by atoms with Crippen LogP contribution in [0.3, 0.4) is 0 Å². The lowest BCUT2D eigenvalue weighted by molar-refractivity contribution is -0.137. The van der Waals surface area contributed by atoms with Crippen LogP contribution in [0.25, 0.3) is 11.1 Å². The summed E-state index contributed by atoms with van der Waals surface area (Å²) in [6, 6.07) is 2.87. The minimum Gasteiger partial charge on any atom is -0.507 e. The Bertz CT molecular complexity index is 546. The highest BCUT2D eigenvalue weighted by Crippen LogP contribution is 2.36. The average Bonchev–Trinajstić information content (AvgIpc) is 2.63. The Kier molecular flexibility index (Phi) is 2.57. The van der Waals surface area contributed by atoms with Gasteiger partial charge >= 0.3 is 6.18 Å². The Labute approximate surface area is 95.1 Å². The molecule has 0 atom stereocenters. The lowest BCUT2D eigenvalue weighted by Crippen LogP contribution is -2.04. The van der Waals surface area contributed by atoms with Gasteiger partial charge in [0.2, 0.25) is 0 Å². The van der Waals surface area contributed by atoms with Gasteiger partial charge in [-0.1, -0.05) is 0 Å². The zero-order chi connectivity index (χ0) is 12.6. The third-order valence-electron chi connectivity index (χ3n) is 2.34. The molecule has 6 heteroatoms. The van der Waals surface area contributed by atoms with Gasteiger partial charge in [-0.15, -0.1) is 0 Å². The molecular weight excluding hydrogens is 233 g/mol. The number of hydrogen-bond donors (Lipinski definition) is 1. The quantitative estimate of drug-likeness (QED) is 0.835. The molecule has 0 bridgehead atoms. The smallest absolute Gasteiger partial charge is 0.416 e. The zero-order valence-electron chi connectivity index (χ0n) is 8.86. The van der Waals surface area contributed by atoms with Crippen molar-refractivity contribution in [2.75, 3.05) is 0 Å². The maximum atomic E-state index is 12.4. The molecular formula is C11H9F3N2O. The first-order valence-corrected chi connectivity index (χ1v) is 4.77. The summed E-state index contributed by atoms with van der Waals surface area (Å²) in [5.74, 6) is -0.409. The second-order valence-electron chi connectivity index (χ2n) is 3.63. The Balaban J connectivity index is 2.45. The molecule has 0 aliphatic carbocycles. The summed E-state index contributed by atoms with van der Waals surface area (Å²) in [5, 5.41) is 13.5. The molecule has 0 aliphatic heterocycles. The minimum absolute atomic E-state index is 0.325. The van der Waals surface area contributed by atoms with Gasteiger partial charge in [-0.05, 0) is 18.2 Å². The van der Waals surface area contributed by atoms with E-state index in [4.69, 9.17) is 0 Å². The number of aromatic hydroxyl groups is 1. The molecule has 0 amide bonds. The Morgan fingerprint density at radius 2 is 2.00 bits per heavy atom. The molecule has 2 aromatic rings. The largest absolute Gasteiger partial charge is 0.507 e. The minimum atomic E-state index is -4.45. The first-order valence-electron chi connectivity index (χ1n) is 4.77. The van der Waals surface area contributed by atoms with E-state index in [1.807, 2.05) is 0 Å². The topological polar surface area (TPSA) is 38.0 Å². The second kappa shape index (κ2) is 3.80. The molecule has 0 saturated carbocycles. The van der Waals surface area contributed by atoms with E-state index in [-0.39, 0.29) is 0 Å². The molecule has 0 aliphatic rings. The van der Waals surface area contributed by atoms with Crippen LogP contribution in [0.4, 0.5) is 13.2 Å². The van der Waals surface area contributed by atoms with Crippen molar-refractivity contribution < 1.29 is 18.3 Å². The van der Waals surface area contributed by atoms with E-state index in [0.717, 1.165) is 6.07 Å². The van der Waals surface area contributed by atoms with Crippen LogP contribution in [-0.2, 0) is 13.2 Å². The van der Waals surface area contributed by atoms with E-state index in [2.05, 4.69) is 5.10 Å². The van der Waals surface area contributed by atoms with E-state index < -0.39 is 17.5 Å². The zero-order valence-corrected chi connectivity index (χ0v) is 8.86. The molecule has 1 aromatic heterocycles. The molecule has 3 nitrogen and oxygen atoms in total. The van der Waals surface area contributed by atoms with Crippen LogP contribution >= 0.6 is 0 Å². The molecule has 0 saturated heterocycles. The summed E-state index contributed by atoms with van der Waals surface area (Å²) in [7, 11) is 1.69. The van der Waals surface area contributed by atoms with Crippen molar-refractivity contribution in [1.82, 2.24) is 9.78 Å². The van der Waals surface area contributed by atoms with E-state index in [1.165, 1.54) is 16.9 Å². The predicted molar refractivity (Wildman–Crippen MR) is 55.3 cm³/mol. The molecule has 90 valence electrons. The van der Waals surface area contributed by atoms with Gasteiger partial charge in [0.15, 0.2) is 0 Å². The van der Waals surface area contributed by atoms with Crippen LogP contribution in [0, 0.1) is 0 Å². The summed E-state index contributed by atoms with van der Waals surface area (Å²) in [6.07, 6.45) is -1.37. The number of phenolic OH excluding ortho intramolecular Hbond substituents is 1. The first-order chi connectivity index (χ1) is 7.88. The van der Waals surface area contributed by atoms with E-state index in [0.29, 0.717) is 17.2 Å². The highest BCUT2D eigenvalue weighted by molar-refractivity contribution is 5.69. The Morgan fingerprint density at radius 1 is 1.29 bits per heavy atom. The number of halogens is 3. The van der Waals surface area contributed by atoms with Crippen molar-refractivity contribution in [3.63, 3.8) is 0 Å². The average molecular weight is 242 g/mol. The molecule has 2 rings (SSSR count). The summed E-state index contributed by atoms with van der Waals surface area (Å²) in [5.41, 5.74) is 0.0208. The number of aromatic nitrogens is 2. The van der Waals surface area contributed by atoms with Gasteiger partial charge in [-0.3, -0.25) is 4.68 Å². The van der Waals surface area contributed by atoms with E-state index >= 15 is 0 Å². The van der Waals surface area contributed by atoms with Crippen LogP contribution in [0.5, 0.6) is 5.75 Å². The lowest BCUT2D eigenvalue weighted by atomic mass is 10.1. The number of rotatable bonds is 1. The fraction of sp³-hybridized carbons (Fsp3) is 0.182. The van der Waals surface area contributed by atoms with E-state index in [1.54, 1.807) is 13.2 Å². The third-order valence-corrected chi connectivity index (χ3v) is 2.34. The van der Waals surface area contributed by atoms with Crippen molar-refractivity contribution in [1.29, 1.82) is 0 Å². The standard InChI is InChI=1S/C11H9F3N2O/c1-16-6-7(5-15-16)9-3-2-8(4-10(9)17)11(12,13)14/h2-6,17H,1H3. The van der Waals surface area contributed by atoms with Gasteiger partial charge in [0, 0.05) is 24.4 Å². The van der Waals surface area contributed by atoms with Crippen LogP contribution in [0.15, 0.2) is 30.6 Å². The molecule has 0 fully saturated rings. The van der Waals surface area contributed by atoms with Crippen LogP contribution in [0.1, 0.15) is 5.56 Å². The van der Waals surface area contributed by atoms with Crippen molar-refractivity contribution in [2.24, 2.45) is 7.05 Å². The van der Waals surface area contributed by atoms with Crippen LogP contribution in [0.2, 0.25) is 0 Å². The van der Waals surface area contributed by atoms with Gasteiger partial charge in [0.1, 0.15) is 5.75 Å². The van der Waals surface area contributed by atoms with Gasteiger partial charge in [0.05, 0.1) is 11.8 Å². The van der Waals surface area contributed by atoms with Crippen molar-refractivity contribution >= 4 is 0 Å². The fourth-order valence-corrected chi connectivity index (χ4v) is 1.51. The monoisotopic (exact) mass is 242 g/mol. The highest BCUT2D eigenvalue weighted by Gasteiger charge is 2.31. The lowest BCUT2D eigenvalue weighted by Gasteiger charge is -2.08. The molecule has 0 spiro atoms.